The van der Waals surface area contributed by atoms with Crippen LogP contribution in [0.25, 0.3) is 16.9 Å². The van der Waals surface area contributed by atoms with Crippen LogP contribution in [-0.4, -0.2) is 40.2 Å². The molecule has 0 unspecified atom stereocenters. The smallest absolute Gasteiger partial charge is 0.272 e. The molecule has 196 valence electrons. The van der Waals surface area contributed by atoms with Crippen molar-refractivity contribution in [3.8, 4) is 16.9 Å². The Morgan fingerprint density at radius 3 is 2.18 bits per heavy atom. The van der Waals surface area contributed by atoms with E-state index in [2.05, 4.69) is 21.0 Å². The predicted molar refractivity (Wildman–Crippen MR) is 156 cm³/mol. The molecule has 0 atom stereocenters. The molecule has 8 heteroatoms. The number of anilines is 1. The van der Waals surface area contributed by atoms with E-state index in [1.54, 1.807) is 0 Å². The summed E-state index contributed by atoms with van der Waals surface area (Å²) in [7, 11) is 0. The number of hydrogen-bond acceptors (Lipinski definition) is 4. The first-order valence-electron chi connectivity index (χ1n) is 12.6. The number of nitrogens with zero attached hydrogens (tertiary/aromatic N) is 2. The van der Waals surface area contributed by atoms with Gasteiger partial charge in [0.25, 0.3) is 5.91 Å². The molecule has 0 fully saturated rings. The molecule has 0 radical (unpaired) electrons. The molecule has 0 saturated heterocycles. The third-order valence-corrected chi connectivity index (χ3v) is 6.33. The summed E-state index contributed by atoms with van der Waals surface area (Å²) in [6.07, 6.45) is 0.491. The molecular weight excluding hydrogens is 496 g/mol. The second kappa shape index (κ2) is 12.0. The first kappa shape index (κ1) is 26.9. The fourth-order valence-electron chi connectivity index (χ4n) is 4.35. The molecule has 0 aliphatic heterocycles. The van der Waals surface area contributed by atoms with E-state index in [9.17, 15) is 4.79 Å². The molecule has 4 rings (SSSR count). The maximum Gasteiger partial charge on any atom is 0.272 e. The first-order chi connectivity index (χ1) is 18.2. The number of para-hydroxylation sites is 1. The van der Waals surface area contributed by atoms with Crippen molar-refractivity contribution in [2.24, 2.45) is 0 Å². The highest BCUT2D eigenvalue weighted by Gasteiger charge is 2.22. The second-order valence-corrected chi connectivity index (χ2v) is 10.2. The van der Waals surface area contributed by atoms with Crippen LogP contribution >= 0.6 is 11.6 Å². The summed E-state index contributed by atoms with van der Waals surface area (Å²) < 4.78 is 1.82. The molecule has 1 amide bonds. The van der Waals surface area contributed by atoms with E-state index in [0.29, 0.717) is 36.1 Å². The molecule has 0 aliphatic carbocycles. The largest absolute Gasteiger partial charge is 0.380 e. The molecule has 0 spiro atoms. The highest BCUT2D eigenvalue weighted by Crippen LogP contribution is 2.28. The van der Waals surface area contributed by atoms with E-state index in [1.807, 2.05) is 110 Å². The zero-order valence-corrected chi connectivity index (χ0v) is 22.6. The highest BCUT2D eigenvalue weighted by atomic mass is 35.5. The van der Waals surface area contributed by atoms with Crippen molar-refractivity contribution < 1.29 is 4.79 Å². The summed E-state index contributed by atoms with van der Waals surface area (Å²) >= 11 is 5.97. The number of halogens is 1. The lowest BCUT2D eigenvalue weighted by atomic mass is 9.99. The molecule has 4 aromatic rings. The van der Waals surface area contributed by atoms with Crippen LogP contribution in [0, 0.1) is 12.3 Å². The van der Waals surface area contributed by atoms with E-state index in [-0.39, 0.29) is 11.4 Å². The van der Waals surface area contributed by atoms with Crippen molar-refractivity contribution in [1.82, 2.24) is 20.4 Å². The number of carbonyl (C=O) groups is 1. The zero-order chi connectivity index (χ0) is 27.1. The number of hydrogen-bond donors (Lipinski definition) is 4. The number of aromatic nitrogens is 2. The van der Waals surface area contributed by atoms with Gasteiger partial charge in [0.15, 0.2) is 5.69 Å². The van der Waals surface area contributed by atoms with E-state index >= 15 is 0 Å². The number of benzene rings is 3. The van der Waals surface area contributed by atoms with Crippen LogP contribution in [-0.2, 0) is 0 Å². The van der Waals surface area contributed by atoms with Gasteiger partial charge in [-0.25, -0.2) is 4.68 Å². The van der Waals surface area contributed by atoms with Crippen molar-refractivity contribution in [2.75, 3.05) is 18.4 Å². The second-order valence-electron chi connectivity index (χ2n) is 9.79. The summed E-state index contributed by atoms with van der Waals surface area (Å²) in [5, 5.41) is 23.2. The van der Waals surface area contributed by atoms with Crippen molar-refractivity contribution in [2.45, 2.75) is 32.7 Å². The average molecular weight is 529 g/mol. The van der Waals surface area contributed by atoms with Gasteiger partial charge >= 0.3 is 0 Å². The minimum absolute atomic E-state index is 0.243. The normalized spacial score (nSPS) is 11.2. The lowest BCUT2D eigenvalue weighted by Gasteiger charge is -2.28. The fraction of sp³-hybridized carbons (Fsp3) is 0.233. The minimum Gasteiger partial charge on any atom is -0.380 e. The minimum atomic E-state index is -0.337. The van der Waals surface area contributed by atoms with E-state index in [1.165, 1.54) is 0 Å². The van der Waals surface area contributed by atoms with Crippen molar-refractivity contribution in [1.29, 1.82) is 5.41 Å². The van der Waals surface area contributed by atoms with Crippen LogP contribution in [0.1, 0.15) is 36.3 Å². The van der Waals surface area contributed by atoms with Gasteiger partial charge in [0.1, 0.15) is 0 Å². The molecule has 4 N–H and O–H groups in total. The number of rotatable bonds is 10. The van der Waals surface area contributed by atoms with Crippen LogP contribution in [0.2, 0.25) is 5.02 Å². The van der Waals surface area contributed by atoms with Crippen LogP contribution in [0.5, 0.6) is 0 Å². The maximum atomic E-state index is 13.1. The first-order valence-corrected chi connectivity index (χ1v) is 12.9. The van der Waals surface area contributed by atoms with Crippen molar-refractivity contribution in [3.05, 3.63) is 101 Å². The standard InChI is InChI=1S/C30H33ClN6O/c1-21-27(36-37(25-12-8-5-9-13-25)28(21)22-10-6-4-7-11-22)29(38)34-19-18-33-26(32)20-30(2,3)35-24-16-14-23(31)15-17-24/h4-17,35H,18-20H2,1-3H3,(H2,32,33)(H,34,38). The van der Waals surface area contributed by atoms with Gasteiger partial charge in [-0.05, 0) is 57.2 Å². The average Bonchev–Trinajstić information content (AvgIpc) is 3.25. The Morgan fingerprint density at radius 2 is 1.53 bits per heavy atom. The number of carbonyl (C=O) groups excluding carboxylic acids is 1. The summed E-state index contributed by atoms with van der Waals surface area (Å²) in [5.74, 6) is 0.147. The summed E-state index contributed by atoms with van der Waals surface area (Å²) in [4.78, 5) is 13.1. The maximum absolute atomic E-state index is 13.1. The van der Waals surface area contributed by atoms with Crippen LogP contribution < -0.4 is 16.0 Å². The molecule has 38 heavy (non-hydrogen) atoms. The Morgan fingerprint density at radius 1 is 0.921 bits per heavy atom. The third-order valence-electron chi connectivity index (χ3n) is 6.08. The van der Waals surface area contributed by atoms with E-state index in [0.717, 1.165) is 28.2 Å². The summed E-state index contributed by atoms with van der Waals surface area (Å²) in [6.45, 7) is 6.80. The van der Waals surface area contributed by atoms with Crippen molar-refractivity contribution in [3.63, 3.8) is 0 Å². The van der Waals surface area contributed by atoms with Crippen LogP contribution in [0.4, 0.5) is 5.69 Å². The molecule has 1 aromatic heterocycles. The SMILES string of the molecule is Cc1c(C(=O)NCCNC(=N)CC(C)(C)Nc2ccc(Cl)cc2)nn(-c2ccccc2)c1-c1ccccc1. The van der Waals surface area contributed by atoms with Gasteiger partial charge in [0.2, 0.25) is 0 Å². The molecular formula is C30H33ClN6O. The van der Waals surface area contributed by atoms with Gasteiger partial charge in [-0.1, -0.05) is 60.1 Å². The van der Waals surface area contributed by atoms with Gasteiger partial charge < -0.3 is 16.0 Å². The van der Waals surface area contributed by atoms with Crippen LogP contribution in [0.3, 0.4) is 0 Å². The molecule has 0 saturated carbocycles. The van der Waals surface area contributed by atoms with Gasteiger partial charge in [0, 0.05) is 46.9 Å². The third kappa shape index (κ3) is 6.81. The Labute approximate surface area is 228 Å². The quantitative estimate of drug-likeness (QED) is 0.114. The Bertz CT molecular complexity index is 1380. The highest BCUT2D eigenvalue weighted by molar-refractivity contribution is 6.30. The van der Waals surface area contributed by atoms with E-state index < -0.39 is 0 Å². The Balaban J connectivity index is 1.36. The van der Waals surface area contributed by atoms with Gasteiger partial charge in [-0.2, -0.15) is 5.10 Å². The lowest BCUT2D eigenvalue weighted by molar-refractivity contribution is 0.0948. The molecule has 0 aliphatic rings. The monoisotopic (exact) mass is 528 g/mol. The molecule has 0 bridgehead atoms. The van der Waals surface area contributed by atoms with Gasteiger partial charge in [0.05, 0.1) is 17.2 Å². The Hall–Kier alpha value is -4.10. The van der Waals surface area contributed by atoms with E-state index in [4.69, 9.17) is 17.0 Å². The number of amidine groups is 1. The Kier molecular flexibility index (Phi) is 8.48. The van der Waals surface area contributed by atoms with Gasteiger partial charge in [-0.15, -0.1) is 0 Å². The van der Waals surface area contributed by atoms with Gasteiger partial charge in [-0.3, -0.25) is 10.2 Å². The molecule has 7 nitrogen and oxygen atoms in total. The number of amides is 1. The lowest BCUT2D eigenvalue weighted by Crippen LogP contribution is -2.40. The predicted octanol–water partition coefficient (Wildman–Crippen LogP) is 6.08. The molecule has 1 heterocycles. The van der Waals surface area contributed by atoms with Crippen LogP contribution in [0.15, 0.2) is 84.9 Å². The van der Waals surface area contributed by atoms with Crippen molar-refractivity contribution >= 4 is 29.0 Å². The zero-order valence-electron chi connectivity index (χ0n) is 21.9. The summed E-state index contributed by atoms with van der Waals surface area (Å²) in [5.41, 5.74) is 4.57. The topological polar surface area (TPSA) is 94.8 Å². The number of nitrogens with one attached hydrogen (secondary N) is 4. The molecule has 3 aromatic carbocycles. The summed E-state index contributed by atoms with van der Waals surface area (Å²) in [6, 6.07) is 27.3. The fourth-order valence-corrected chi connectivity index (χ4v) is 4.47.